The van der Waals surface area contributed by atoms with E-state index in [9.17, 15) is 0 Å². The molecule has 0 atom stereocenters. The Morgan fingerprint density at radius 3 is 2.02 bits per heavy atom. The number of benzene rings is 7. The Labute approximate surface area is 333 Å². The summed E-state index contributed by atoms with van der Waals surface area (Å²) in [6.45, 7) is 0. The number of para-hydroxylation sites is 4. The van der Waals surface area contributed by atoms with E-state index in [-0.39, 0.29) is 0 Å². The lowest BCUT2D eigenvalue weighted by molar-refractivity contribution is 0.620. The van der Waals surface area contributed by atoms with Gasteiger partial charge in [0.15, 0.2) is 23.1 Å². The van der Waals surface area contributed by atoms with Crippen molar-refractivity contribution in [2.75, 3.05) is 0 Å². The van der Waals surface area contributed by atoms with Crippen LogP contribution in [0.15, 0.2) is 156 Å². The number of thiophene rings is 1. The summed E-state index contributed by atoms with van der Waals surface area (Å²) in [6.07, 6.45) is 0. The number of nitrogens with zero attached hydrogens (tertiary/aromatic N) is 6. The van der Waals surface area contributed by atoms with Gasteiger partial charge < -0.3 is 8.98 Å². The van der Waals surface area contributed by atoms with Gasteiger partial charge in [-0.15, -0.1) is 22.7 Å². The summed E-state index contributed by atoms with van der Waals surface area (Å²) >= 11 is 3.44. The number of hydrogen-bond donors (Lipinski definition) is 0. The molecule has 268 valence electrons. The quantitative estimate of drug-likeness (QED) is 0.173. The van der Waals surface area contributed by atoms with Crippen molar-refractivity contribution >= 4 is 86.0 Å². The van der Waals surface area contributed by atoms with E-state index >= 15 is 0 Å². The second kappa shape index (κ2) is 12.5. The van der Waals surface area contributed by atoms with Crippen LogP contribution in [0.2, 0.25) is 0 Å². The zero-order valence-corrected chi connectivity index (χ0v) is 32.0. The van der Waals surface area contributed by atoms with Crippen molar-refractivity contribution in [2.45, 2.75) is 0 Å². The minimum Gasteiger partial charge on any atom is -0.436 e. The van der Waals surface area contributed by atoms with Crippen LogP contribution in [0, 0.1) is 0 Å². The van der Waals surface area contributed by atoms with Gasteiger partial charge in [-0.3, -0.25) is 0 Å². The highest BCUT2D eigenvalue weighted by Gasteiger charge is 2.21. The van der Waals surface area contributed by atoms with Gasteiger partial charge in [-0.05, 0) is 66.7 Å². The van der Waals surface area contributed by atoms with Crippen LogP contribution in [-0.4, -0.2) is 29.5 Å². The third-order valence-corrected chi connectivity index (χ3v) is 12.9. The zero-order chi connectivity index (χ0) is 37.6. The molecular formula is C48H28N6OS2. The van der Waals surface area contributed by atoms with Gasteiger partial charge in [-0.1, -0.05) is 84.9 Å². The van der Waals surface area contributed by atoms with Gasteiger partial charge in [0, 0.05) is 76.8 Å². The predicted molar refractivity (Wildman–Crippen MR) is 235 cm³/mol. The molecule has 0 aliphatic carbocycles. The lowest BCUT2D eigenvalue weighted by Crippen LogP contribution is -2.01. The number of thiazole rings is 1. The van der Waals surface area contributed by atoms with Gasteiger partial charge in [0.1, 0.15) is 10.5 Å². The summed E-state index contributed by atoms with van der Waals surface area (Å²) in [5, 5.41) is 5.62. The van der Waals surface area contributed by atoms with Crippen molar-refractivity contribution in [1.82, 2.24) is 29.5 Å². The molecule has 0 spiro atoms. The molecule has 0 aliphatic heterocycles. The van der Waals surface area contributed by atoms with Gasteiger partial charge >= 0.3 is 0 Å². The molecule has 0 fully saturated rings. The van der Waals surface area contributed by atoms with Crippen molar-refractivity contribution in [3.63, 3.8) is 0 Å². The summed E-state index contributed by atoms with van der Waals surface area (Å²) in [5.41, 5.74) is 9.17. The largest absolute Gasteiger partial charge is 0.436 e. The summed E-state index contributed by atoms with van der Waals surface area (Å²) in [7, 11) is 2.11. The highest BCUT2D eigenvalue weighted by Crippen LogP contribution is 2.41. The topological polar surface area (TPSA) is 82.5 Å². The molecule has 9 heteroatoms. The fourth-order valence-electron chi connectivity index (χ4n) is 8.01. The SMILES string of the molecule is Cn1c2ccccc2c2ccc(-c3nc(-c4cc(-c5nc6ccccc6o5)cc(-c5nc6ccccc6s5)c4)nc(-c4cccc5sc6ccccc6c45)n3)cc21. The van der Waals surface area contributed by atoms with E-state index in [1.807, 2.05) is 42.5 Å². The number of fused-ring (bicyclic) bond motifs is 8. The fraction of sp³-hybridized carbons (Fsp3) is 0.0208. The molecule has 0 amide bonds. The van der Waals surface area contributed by atoms with Crippen LogP contribution >= 0.6 is 22.7 Å². The van der Waals surface area contributed by atoms with E-state index in [4.69, 9.17) is 29.3 Å². The van der Waals surface area contributed by atoms with E-state index in [2.05, 4.69) is 121 Å². The van der Waals surface area contributed by atoms with Gasteiger partial charge in [-0.2, -0.15) is 0 Å². The Kier molecular flexibility index (Phi) is 7.05. The van der Waals surface area contributed by atoms with Crippen LogP contribution in [0.25, 0.3) is 119 Å². The standard InChI is InChI=1S/C48H28N6OS2/c1-54-37-16-6-2-11-31(37)32-22-21-27(26-38(32)54)44-51-45(53-46(52-44)34-13-10-20-42-43(34)33-12-3-8-18-40(33)56-42)28-23-29(47-49-35-14-4-7-17-39(35)55-47)25-30(24-28)48-50-36-15-5-9-19-41(36)57-48/h2-26H,1H3. The number of rotatable bonds is 5. The van der Waals surface area contributed by atoms with Crippen LogP contribution in [0.1, 0.15) is 0 Å². The van der Waals surface area contributed by atoms with Gasteiger partial charge in [-0.25, -0.2) is 24.9 Å². The first kappa shape index (κ1) is 32.2. The van der Waals surface area contributed by atoms with Crippen LogP contribution in [0.5, 0.6) is 0 Å². The molecular weight excluding hydrogens is 741 g/mol. The van der Waals surface area contributed by atoms with E-state index in [0.29, 0.717) is 23.4 Å². The lowest BCUT2D eigenvalue weighted by Gasteiger charge is -2.11. The number of aromatic nitrogens is 6. The number of hydrogen-bond acceptors (Lipinski definition) is 8. The van der Waals surface area contributed by atoms with Crippen molar-refractivity contribution in [3.05, 3.63) is 152 Å². The molecule has 5 heterocycles. The highest BCUT2D eigenvalue weighted by molar-refractivity contribution is 7.26. The molecule has 57 heavy (non-hydrogen) atoms. The number of oxazole rings is 1. The zero-order valence-electron chi connectivity index (χ0n) is 30.3. The van der Waals surface area contributed by atoms with Gasteiger partial charge in [0.2, 0.25) is 5.89 Å². The first-order valence-corrected chi connectivity index (χ1v) is 20.3. The Balaban J connectivity index is 1.12. The second-order valence-corrected chi connectivity index (χ2v) is 16.3. The maximum atomic E-state index is 6.36. The molecule has 0 aliphatic rings. The van der Waals surface area contributed by atoms with E-state index in [0.717, 1.165) is 65.0 Å². The average Bonchev–Trinajstić information content (AvgIpc) is 4.05. The first-order valence-electron chi connectivity index (χ1n) is 18.6. The van der Waals surface area contributed by atoms with Crippen molar-refractivity contribution in [3.8, 4) is 56.2 Å². The Morgan fingerprint density at radius 1 is 0.456 bits per heavy atom. The highest BCUT2D eigenvalue weighted by atomic mass is 32.1. The summed E-state index contributed by atoms with van der Waals surface area (Å²) < 4.78 is 12.1. The molecule has 0 saturated carbocycles. The minimum absolute atomic E-state index is 0.519. The maximum absolute atomic E-state index is 6.36. The van der Waals surface area contributed by atoms with Crippen LogP contribution in [0.3, 0.4) is 0 Å². The van der Waals surface area contributed by atoms with Crippen LogP contribution in [0.4, 0.5) is 0 Å². The normalized spacial score (nSPS) is 11.9. The van der Waals surface area contributed by atoms with Gasteiger partial charge in [0.05, 0.1) is 10.2 Å². The minimum atomic E-state index is 0.519. The maximum Gasteiger partial charge on any atom is 0.227 e. The van der Waals surface area contributed by atoms with E-state index in [1.165, 1.54) is 31.1 Å². The molecule has 0 unspecified atom stereocenters. The smallest absolute Gasteiger partial charge is 0.227 e. The average molecular weight is 769 g/mol. The molecule has 0 radical (unpaired) electrons. The molecule has 5 aromatic heterocycles. The third-order valence-electron chi connectivity index (χ3n) is 10.7. The van der Waals surface area contributed by atoms with Crippen molar-refractivity contribution in [1.29, 1.82) is 0 Å². The molecule has 12 rings (SSSR count). The molecule has 7 nitrogen and oxygen atoms in total. The van der Waals surface area contributed by atoms with Crippen molar-refractivity contribution in [2.24, 2.45) is 7.05 Å². The van der Waals surface area contributed by atoms with E-state index in [1.54, 1.807) is 22.7 Å². The van der Waals surface area contributed by atoms with Crippen LogP contribution in [-0.2, 0) is 7.05 Å². The monoisotopic (exact) mass is 768 g/mol. The molecule has 0 saturated heterocycles. The molecule has 0 bridgehead atoms. The lowest BCUT2D eigenvalue weighted by atomic mass is 10.0. The molecule has 7 aromatic carbocycles. The number of aryl methyl sites for hydroxylation is 1. The van der Waals surface area contributed by atoms with Gasteiger partial charge in [0.25, 0.3) is 0 Å². The van der Waals surface area contributed by atoms with Crippen LogP contribution < -0.4 is 0 Å². The first-order chi connectivity index (χ1) is 28.1. The Morgan fingerprint density at radius 2 is 1.14 bits per heavy atom. The molecule has 12 aromatic rings. The van der Waals surface area contributed by atoms with E-state index < -0.39 is 0 Å². The summed E-state index contributed by atoms with van der Waals surface area (Å²) in [6, 6.07) is 52.3. The summed E-state index contributed by atoms with van der Waals surface area (Å²) in [5.74, 6) is 2.26. The second-order valence-electron chi connectivity index (χ2n) is 14.2. The third kappa shape index (κ3) is 5.20. The fourth-order valence-corrected chi connectivity index (χ4v) is 10.1. The molecule has 0 N–H and O–H groups in total. The summed E-state index contributed by atoms with van der Waals surface area (Å²) in [4.78, 5) is 25.8. The predicted octanol–water partition coefficient (Wildman–Crippen LogP) is 13.0. The Bertz CT molecular complexity index is 3420. The Hall–Kier alpha value is -7.07. The van der Waals surface area contributed by atoms with Crippen molar-refractivity contribution < 1.29 is 4.42 Å².